The van der Waals surface area contributed by atoms with Crippen LogP contribution in [0.2, 0.25) is 5.02 Å². The van der Waals surface area contributed by atoms with E-state index < -0.39 is 17.8 Å². The van der Waals surface area contributed by atoms with E-state index >= 15 is 0 Å². The summed E-state index contributed by atoms with van der Waals surface area (Å²) in [6, 6.07) is 2.91. The minimum atomic E-state index is -4.46. The third-order valence-corrected chi connectivity index (χ3v) is 3.47. The van der Waals surface area contributed by atoms with Gasteiger partial charge in [-0.1, -0.05) is 11.6 Å². The van der Waals surface area contributed by atoms with Crippen molar-refractivity contribution < 1.29 is 22.7 Å². The molecule has 1 atom stereocenters. The van der Waals surface area contributed by atoms with Crippen LogP contribution in [0.25, 0.3) is 0 Å². The van der Waals surface area contributed by atoms with E-state index in [1.54, 1.807) is 0 Å². The quantitative estimate of drug-likeness (QED) is 0.837. The summed E-state index contributed by atoms with van der Waals surface area (Å²) in [5.74, 6) is -0.302. The monoisotopic (exact) mass is 307 g/mol. The molecule has 3 nitrogen and oxygen atoms in total. The number of halogens is 4. The van der Waals surface area contributed by atoms with Crippen molar-refractivity contribution in [2.24, 2.45) is 0 Å². The molecule has 1 aliphatic rings. The van der Waals surface area contributed by atoms with Gasteiger partial charge in [-0.05, 0) is 31.0 Å². The van der Waals surface area contributed by atoms with Gasteiger partial charge >= 0.3 is 6.18 Å². The number of nitrogens with zero attached hydrogens (tertiary/aromatic N) is 1. The molecule has 7 heteroatoms. The Hall–Kier alpha value is -1.27. The predicted molar refractivity (Wildman–Crippen MR) is 68.8 cm³/mol. The van der Waals surface area contributed by atoms with Crippen LogP contribution in [-0.2, 0) is 15.7 Å². The predicted octanol–water partition coefficient (Wildman–Crippen LogP) is 3.50. The maximum absolute atomic E-state index is 12.5. The van der Waals surface area contributed by atoms with E-state index in [-0.39, 0.29) is 16.6 Å². The second-order valence-corrected chi connectivity index (χ2v) is 4.97. The zero-order valence-electron chi connectivity index (χ0n) is 10.7. The van der Waals surface area contributed by atoms with Crippen LogP contribution in [-0.4, -0.2) is 25.7 Å². The van der Waals surface area contributed by atoms with Crippen LogP contribution < -0.4 is 4.90 Å². The van der Waals surface area contributed by atoms with Gasteiger partial charge in [0, 0.05) is 13.7 Å². The molecule has 0 aliphatic carbocycles. The van der Waals surface area contributed by atoms with Crippen molar-refractivity contribution in [1.29, 1.82) is 0 Å². The van der Waals surface area contributed by atoms with Gasteiger partial charge in [0.2, 0.25) is 0 Å². The lowest BCUT2D eigenvalue weighted by molar-refractivity contribution is -0.137. The molecule has 1 aromatic carbocycles. The van der Waals surface area contributed by atoms with E-state index in [9.17, 15) is 18.0 Å². The second-order valence-electron chi connectivity index (χ2n) is 4.56. The third-order valence-electron chi connectivity index (χ3n) is 3.17. The summed E-state index contributed by atoms with van der Waals surface area (Å²) in [6.07, 6.45) is -3.59. The van der Waals surface area contributed by atoms with Crippen LogP contribution in [0.5, 0.6) is 0 Å². The average Bonchev–Trinajstić information content (AvgIpc) is 2.89. The maximum atomic E-state index is 12.5. The molecule has 1 amide bonds. The zero-order valence-corrected chi connectivity index (χ0v) is 11.5. The highest BCUT2D eigenvalue weighted by molar-refractivity contribution is 6.33. The van der Waals surface area contributed by atoms with Gasteiger partial charge in [0.05, 0.1) is 16.3 Å². The SMILES string of the molecule is CN(C(=O)[C@@H]1CCCO1)c1ccc(C(F)(F)F)cc1Cl. The highest BCUT2D eigenvalue weighted by Gasteiger charge is 2.32. The van der Waals surface area contributed by atoms with Crippen molar-refractivity contribution in [2.45, 2.75) is 25.1 Å². The first kappa shape index (κ1) is 15.1. The number of rotatable bonds is 2. The van der Waals surface area contributed by atoms with Gasteiger partial charge in [-0.2, -0.15) is 13.2 Å². The van der Waals surface area contributed by atoms with Crippen LogP contribution in [0, 0.1) is 0 Å². The van der Waals surface area contributed by atoms with E-state index in [0.717, 1.165) is 18.6 Å². The Labute approximate surface area is 119 Å². The molecule has 0 aromatic heterocycles. The minimum absolute atomic E-state index is 0.117. The van der Waals surface area contributed by atoms with Crippen LogP contribution in [0.3, 0.4) is 0 Å². The standard InChI is InChI=1S/C13H13ClF3NO2/c1-18(12(19)11-3-2-6-20-11)10-5-4-8(7-9(10)14)13(15,16)17/h4-5,7,11H,2-3,6H2,1H3/t11-/m0/s1. The van der Waals surface area contributed by atoms with Crippen LogP contribution in [0.4, 0.5) is 18.9 Å². The summed E-state index contributed by atoms with van der Waals surface area (Å²) in [5.41, 5.74) is -0.607. The number of amides is 1. The minimum Gasteiger partial charge on any atom is -0.368 e. The van der Waals surface area contributed by atoms with Gasteiger partial charge < -0.3 is 9.64 Å². The highest BCUT2D eigenvalue weighted by Crippen LogP contribution is 2.35. The van der Waals surface area contributed by atoms with E-state index in [4.69, 9.17) is 16.3 Å². The van der Waals surface area contributed by atoms with Crippen molar-refractivity contribution in [3.63, 3.8) is 0 Å². The van der Waals surface area contributed by atoms with Gasteiger partial charge in [-0.15, -0.1) is 0 Å². The van der Waals surface area contributed by atoms with Gasteiger partial charge in [-0.3, -0.25) is 4.79 Å². The summed E-state index contributed by atoms with van der Waals surface area (Å²) in [7, 11) is 1.47. The fraction of sp³-hybridized carbons (Fsp3) is 0.462. The number of carbonyl (C=O) groups excluding carboxylic acids is 1. The molecule has 20 heavy (non-hydrogen) atoms. The highest BCUT2D eigenvalue weighted by atomic mass is 35.5. The summed E-state index contributed by atoms with van der Waals surface area (Å²) >= 11 is 5.85. The zero-order chi connectivity index (χ0) is 14.9. The third kappa shape index (κ3) is 3.07. The number of carbonyl (C=O) groups is 1. The van der Waals surface area contributed by atoms with Crippen molar-refractivity contribution in [2.75, 3.05) is 18.6 Å². The number of ether oxygens (including phenoxy) is 1. The van der Waals surface area contributed by atoms with Crippen LogP contribution >= 0.6 is 11.6 Å². The lowest BCUT2D eigenvalue weighted by atomic mass is 10.1. The largest absolute Gasteiger partial charge is 0.416 e. The van der Waals surface area contributed by atoms with Crippen molar-refractivity contribution >= 4 is 23.2 Å². The van der Waals surface area contributed by atoms with Gasteiger partial charge in [0.1, 0.15) is 6.10 Å². The molecule has 0 spiro atoms. The molecule has 0 saturated carbocycles. The van der Waals surface area contributed by atoms with Crippen molar-refractivity contribution in [3.8, 4) is 0 Å². The summed E-state index contributed by atoms with van der Waals surface area (Å²) < 4.78 is 42.9. The Morgan fingerprint density at radius 1 is 1.45 bits per heavy atom. The number of hydrogen-bond donors (Lipinski definition) is 0. The molecule has 0 radical (unpaired) electrons. The van der Waals surface area contributed by atoms with E-state index in [1.165, 1.54) is 18.0 Å². The van der Waals surface area contributed by atoms with E-state index in [2.05, 4.69) is 0 Å². The smallest absolute Gasteiger partial charge is 0.368 e. The molecular formula is C13H13ClF3NO2. The van der Waals surface area contributed by atoms with Gasteiger partial charge in [0.15, 0.2) is 0 Å². The summed E-state index contributed by atoms with van der Waals surface area (Å²) in [6.45, 7) is 0.519. The average molecular weight is 308 g/mol. The molecule has 1 aliphatic heterocycles. The topological polar surface area (TPSA) is 29.5 Å². The van der Waals surface area contributed by atoms with Gasteiger partial charge in [0.25, 0.3) is 5.91 Å². The fourth-order valence-electron chi connectivity index (χ4n) is 2.06. The van der Waals surface area contributed by atoms with Crippen LogP contribution in [0.1, 0.15) is 18.4 Å². The summed E-state index contributed by atoms with van der Waals surface area (Å²) in [4.78, 5) is 13.3. The first-order valence-corrected chi connectivity index (χ1v) is 6.44. The molecule has 1 heterocycles. The number of likely N-dealkylation sites (N-methyl/N-ethyl adjacent to an activating group) is 1. The number of anilines is 1. The second kappa shape index (κ2) is 5.61. The lowest BCUT2D eigenvalue weighted by Crippen LogP contribution is -2.36. The molecule has 1 fully saturated rings. The van der Waals surface area contributed by atoms with Crippen LogP contribution in [0.15, 0.2) is 18.2 Å². The lowest BCUT2D eigenvalue weighted by Gasteiger charge is -2.22. The van der Waals surface area contributed by atoms with Crippen molar-refractivity contribution in [1.82, 2.24) is 0 Å². The fourth-order valence-corrected chi connectivity index (χ4v) is 2.37. The molecule has 1 saturated heterocycles. The molecule has 1 aromatic rings. The Kier molecular flexibility index (Phi) is 4.25. The molecule has 0 unspecified atom stereocenters. The number of benzene rings is 1. The Morgan fingerprint density at radius 2 is 2.15 bits per heavy atom. The Bertz CT molecular complexity index is 513. The number of hydrogen-bond acceptors (Lipinski definition) is 2. The molecule has 2 rings (SSSR count). The molecule has 0 bridgehead atoms. The molecule has 110 valence electrons. The molecule has 0 N–H and O–H groups in total. The first-order chi connectivity index (χ1) is 9.30. The Balaban J connectivity index is 2.22. The van der Waals surface area contributed by atoms with Crippen molar-refractivity contribution in [3.05, 3.63) is 28.8 Å². The van der Waals surface area contributed by atoms with E-state index in [1.807, 2.05) is 0 Å². The first-order valence-electron chi connectivity index (χ1n) is 6.06. The molecular weight excluding hydrogens is 295 g/mol. The van der Waals surface area contributed by atoms with Gasteiger partial charge in [-0.25, -0.2) is 0 Å². The summed E-state index contributed by atoms with van der Waals surface area (Å²) in [5, 5.41) is -0.117. The number of alkyl halides is 3. The maximum Gasteiger partial charge on any atom is 0.416 e. The normalized spacial score (nSPS) is 19.1. The van der Waals surface area contributed by atoms with E-state index in [0.29, 0.717) is 13.0 Å². The Morgan fingerprint density at radius 3 is 2.65 bits per heavy atom.